The lowest BCUT2D eigenvalue weighted by atomic mass is 10.2. The molecular formula is C18H18F3N3O3. The molecule has 2 amide bonds. The van der Waals surface area contributed by atoms with Crippen LogP contribution >= 0.6 is 0 Å². The molecule has 0 saturated carbocycles. The molecule has 2 aromatic rings. The molecule has 0 fully saturated rings. The van der Waals surface area contributed by atoms with Gasteiger partial charge in [-0.05, 0) is 31.2 Å². The monoisotopic (exact) mass is 381 g/mol. The summed E-state index contributed by atoms with van der Waals surface area (Å²) in [5, 5.41) is 2.64. The lowest BCUT2D eigenvalue weighted by Gasteiger charge is -2.20. The third-order valence-corrected chi connectivity index (χ3v) is 3.66. The van der Waals surface area contributed by atoms with E-state index in [0.29, 0.717) is 11.4 Å². The molecule has 0 unspecified atom stereocenters. The molecule has 0 saturated heterocycles. The number of carbonyl (C=O) groups excluding carboxylic acids is 2. The number of aromatic nitrogens is 1. The zero-order chi connectivity index (χ0) is 20.0. The van der Waals surface area contributed by atoms with Crippen molar-refractivity contribution in [2.45, 2.75) is 13.1 Å². The highest BCUT2D eigenvalue weighted by molar-refractivity contribution is 5.99. The van der Waals surface area contributed by atoms with E-state index in [1.807, 2.05) is 0 Å². The minimum absolute atomic E-state index is 0.0287. The Hall–Kier alpha value is -3.10. The molecule has 1 N–H and O–H groups in total. The average molecular weight is 381 g/mol. The Morgan fingerprint density at radius 1 is 1.22 bits per heavy atom. The number of amides is 2. The summed E-state index contributed by atoms with van der Waals surface area (Å²) in [6.07, 6.45) is -3.73. The molecule has 0 radical (unpaired) electrons. The number of rotatable bonds is 6. The lowest BCUT2D eigenvalue weighted by Crippen LogP contribution is -2.38. The first-order chi connectivity index (χ1) is 12.7. The van der Waals surface area contributed by atoms with Crippen molar-refractivity contribution < 1.29 is 27.5 Å². The van der Waals surface area contributed by atoms with Crippen LogP contribution in [0.25, 0.3) is 0 Å². The average Bonchev–Trinajstić information content (AvgIpc) is 2.65. The molecule has 9 heteroatoms. The molecule has 0 atom stereocenters. The Morgan fingerprint density at radius 3 is 2.52 bits per heavy atom. The van der Waals surface area contributed by atoms with Gasteiger partial charge in [-0.2, -0.15) is 13.2 Å². The van der Waals surface area contributed by atoms with Crippen LogP contribution in [0.5, 0.6) is 5.75 Å². The predicted molar refractivity (Wildman–Crippen MR) is 92.4 cm³/mol. The lowest BCUT2D eigenvalue weighted by molar-refractivity contribution is -0.141. The number of carbonyl (C=O) groups is 2. The van der Waals surface area contributed by atoms with Crippen molar-refractivity contribution in [3.63, 3.8) is 0 Å². The molecule has 27 heavy (non-hydrogen) atoms. The van der Waals surface area contributed by atoms with Crippen LogP contribution in [0.2, 0.25) is 0 Å². The summed E-state index contributed by atoms with van der Waals surface area (Å²) in [4.78, 5) is 29.1. The molecule has 0 aliphatic carbocycles. The Bertz CT molecular complexity index is 807. The second-order valence-corrected chi connectivity index (χ2v) is 5.53. The van der Waals surface area contributed by atoms with Crippen molar-refractivity contribution in [2.75, 3.05) is 25.5 Å². The Balaban J connectivity index is 2.04. The van der Waals surface area contributed by atoms with Gasteiger partial charge in [-0.3, -0.25) is 14.6 Å². The van der Waals surface area contributed by atoms with Crippen LogP contribution in [0.3, 0.4) is 0 Å². The molecule has 0 spiro atoms. The SMILES string of the molecule is CCN(CC(=O)Nc1cccc(OC)c1)C(=O)c1ccc(C(F)(F)F)nc1. The van der Waals surface area contributed by atoms with Gasteiger partial charge in [0, 0.05) is 24.5 Å². The molecule has 0 aliphatic heterocycles. The highest BCUT2D eigenvalue weighted by Gasteiger charge is 2.32. The van der Waals surface area contributed by atoms with Gasteiger partial charge in [-0.1, -0.05) is 6.07 Å². The van der Waals surface area contributed by atoms with Gasteiger partial charge in [0.25, 0.3) is 5.91 Å². The van der Waals surface area contributed by atoms with E-state index in [1.54, 1.807) is 31.2 Å². The van der Waals surface area contributed by atoms with Gasteiger partial charge in [-0.25, -0.2) is 0 Å². The van der Waals surface area contributed by atoms with Gasteiger partial charge >= 0.3 is 6.18 Å². The number of pyridine rings is 1. The number of nitrogens with one attached hydrogen (secondary N) is 1. The van der Waals surface area contributed by atoms with Gasteiger partial charge < -0.3 is 15.0 Å². The van der Waals surface area contributed by atoms with Gasteiger partial charge in [0.15, 0.2) is 0 Å². The topological polar surface area (TPSA) is 71.5 Å². The first kappa shape index (κ1) is 20.2. The van der Waals surface area contributed by atoms with Crippen molar-refractivity contribution in [2.24, 2.45) is 0 Å². The Morgan fingerprint density at radius 2 is 1.96 bits per heavy atom. The molecule has 2 rings (SSSR count). The maximum Gasteiger partial charge on any atom is 0.433 e. The molecule has 6 nitrogen and oxygen atoms in total. The number of anilines is 1. The second kappa shape index (κ2) is 8.52. The van der Waals surface area contributed by atoms with Gasteiger partial charge in [0.05, 0.1) is 12.7 Å². The zero-order valence-corrected chi connectivity index (χ0v) is 14.7. The molecule has 144 valence electrons. The maximum absolute atomic E-state index is 12.6. The van der Waals surface area contributed by atoms with Crippen LogP contribution in [-0.2, 0) is 11.0 Å². The van der Waals surface area contributed by atoms with Crippen LogP contribution < -0.4 is 10.1 Å². The standard InChI is InChI=1S/C18H18F3N3O3/c1-3-24(11-16(25)23-13-5-4-6-14(9-13)27-2)17(26)12-7-8-15(22-10-12)18(19,20)21/h4-10H,3,11H2,1-2H3,(H,23,25). The van der Waals surface area contributed by atoms with Crippen LogP contribution in [0.1, 0.15) is 23.0 Å². The normalized spacial score (nSPS) is 11.0. The maximum atomic E-state index is 12.6. The van der Waals surface area contributed by atoms with Crippen LogP contribution in [-0.4, -0.2) is 41.9 Å². The van der Waals surface area contributed by atoms with E-state index in [9.17, 15) is 22.8 Å². The van der Waals surface area contributed by atoms with Gasteiger partial charge in [0.1, 0.15) is 18.0 Å². The summed E-state index contributed by atoms with van der Waals surface area (Å²) in [5.41, 5.74) is -0.615. The largest absolute Gasteiger partial charge is 0.497 e. The van der Waals surface area contributed by atoms with Crippen LogP contribution in [0.4, 0.5) is 18.9 Å². The number of halogens is 3. The first-order valence-electron chi connectivity index (χ1n) is 8.01. The molecule has 0 aliphatic rings. The van der Waals surface area contributed by atoms with Crippen molar-refractivity contribution in [1.82, 2.24) is 9.88 Å². The van der Waals surface area contributed by atoms with Gasteiger partial charge in [0.2, 0.25) is 5.91 Å². The minimum atomic E-state index is -4.58. The summed E-state index contributed by atoms with van der Waals surface area (Å²) < 4.78 is 42.7. The van der Waals surface area contributed by atoms with Gasteiger partial charge in [-0.15, -0.1) is 0 Å². The van der Waals surface area contributed by atoms with E-state index < -0.39 is 23.7 Å². The Labute approximate surface area is 154 Å². The second-order valence-electron chi connectivity index (χ2n) is 5.53. The first-order valence-corrected chi connectivity index (χ1v) is 8.01. The predicted octanol–water partition coefficient (Wildman–Crippen LogP) is 3.21. The Kier molecular flexibility index (Phi) is 6.38. The fraction of sp³-hybridized carbons (Fsp3) is 0.278. The van der Waals surface area contributed by atoms with E-state index in [-0.39, 0.29) is 18.7 Å². The van der Waals surface area contributed by atoms with Crippen molar-refractivity contribution in [3.8, 4) is 5.75 Å². The van der Waals surface area contributed by atoms with Crippen LogP contribution in [0, 0.1) is 0 Å². The highest BCUT2D eigenvalue weighted by Crippen LogP contribution is 2.27. The highest BCUT2D eigenvalue weighted by atomic mass is 19.4. The number of nitrogens with zero attached hydrogens (tertiary/aromatic N) is 2. The van der Waals surface area contributed by atoms with E-state index in [1.165, 1.54) is 12.0 Å². The van der Waals surface area contributed by atoms with Crippen molar-refractivity contribution in [1.29, 1.82) is 0 Å². The molecular weight excluding hydrogens is 363 g/mol. The summed E-state index contributed by atoms with van der Waals surface area (Å²) >= 11 is 0. The number of benzene rings is 1. The third kappa shape index (κ3) is 5.44. The van der Waals surface area contributed by atoms with Crippen LogP contribution in [0.15, 0.2) is 42.6 Å². The molecule has 1 aromatic heterocycles. The summed E-state index contributed by atoms with van der Waals surface area (Å²) in [6, 6.07) is 8.48. The number of hydrogen-bond acceptors (Lipinski definition) is 4. The van der Waals surface area contributed by atoms with E-state index in [0.717, 1.165) is 18.3 Å². The number of methoxy groups -OCH3 is 1. The fourth-order valence-corrected chi connectivity index (χ4v) is 2.27. The zero-order valence-electron chi connectivity index (χ0n) is 14.7. The summed E-state index contributed by atoms with van der Waals surface area (Å²) in [6.45, 7) is 1.60. The molecule has 1 heterocycles. The number of alkyl halides is 3. The van der Waals surface area contributed by atoms with Crippen molar-refractivity contribution in [3.05, 3.63) is 53.9 Å². The number of likely N-dealkylation sites (N-methyl/N-ethyl adjacent to an activating group) is 1. The quantitative estimate of drug-likeness (QED) is 0.834. The summed E-state index contributed by atoms with van der Waals surface area (Å²) in [7, 11) is 1.50. The van der Waals surface area contributed by atoms with Crippen molar-refractivity contribution >= 4 is 17.5 Å². The van der Waals surface area contributed by atoms with E-state index in [4.69, 9.17) is 4.74 Å². The molecule has 0 bridgehead atoms. The fourth-order valence-electron chi connectivity index (χ4n) is 2.27. The molecule has 1 aromatic carbocycles. The summed E-state index contributed by atoms with van der Waals surface area (Å²) in [5.74, 6) is -0.468. The van der Waals surface area contributed by atoms with E-state index >= 15 is 0 Å². The number of ether oxygens (including phenoxy) is 1. The smallest absolute Gasteiger partial charge is 0.433 e. The number of hydrogen-bond donors (Lipinski definition) is 1. The minimum Gasteiger partial charge on any atom is -0.497 e. The third-order valence-electron chi connectivity index (χ3n) is 3.66. The van der Waals surface area contributed by atoms with E-state index in [2.05, 4.69) is 10.3 Å².